The van der Waals surface area contributed by atoms with Gasteiger partial charge in [-0.05, 0) is 50.6 Å². The Bertz CT molecular complexity index is 2370. The molecule has 0 spiro atoms. The number of carbonyl (C=O) groups is 2. The molecule has 2 fully saturated rings. The van der Waals surface area contributed by atoms with E-state index < -0.39 is 16.1 Å². The molecule has 5 aromatic rings. The van der Waals surface area contributed by atoms with E-state index in [1.807, 2.05) is 52.1 Å². The molecule has 1 N–H and O–H groups in total. The summed E-state index contributed by atoms with van der Waals surface area (Å²) >= 11 is 12.4. The molecule has 0 saturated carbocycles. The lowest BCUT2D eigenvalue weighted by Crippen LogP contribution is -2.31. The normalized spacial score (nSPS) is 18.2. The maximum atomic E-state index is 13.0. The maximum Gasteiger partial charge on any atom is 0.242 e. The number of nitrogens with one attached hydrogen (secondary N) is 1. The molecule has 64 heavy (non-hydrogen) atoms. The van der Waals surface area contributed by atoms with Crippen molar-refractivity contribution in [1.82, 2.24) is 39.3 Å². The van der Waals surface area contributed by atoms with E-state index in [-0.39, 0.29) is 41.9 Å². The van der Waals surface area contributed by atoms with Gasteiger partial charge in [0.15, 0.2) is 0 Å². The molecule has 7 rings (SSSR count). The van der Waals surface area contributed by atoms with E-state index in [0.717, 1.165) is 41.0 Å². The molecule has 4 aromatic heterocycles. The molecule has 2 aliphatic heterocycles. The van der Waals surface area contributed by atoms with Crippen LogP contribution in [-0.4, -0.2) is 108 Å². The molecule has 0 aliphatic carbocycles. The Kier molecular flexibility index (Phi) is 16.4. The number of nitrogens with zero attached hydrogens (tertiary/aromatic N) is 7. The number of rotatable bonds is 19. The Morgan fingerprint density at radius 2 is 1.25 bits per heavy atom. The Labute approximate surface area is 388 Å². The molecule has 6 heterocycles. The molecule has 1 aromatic carbocycles. The first kappa shape index (κ1) is 49.2. The third kappa shape index (κ3) is 13.2. The van der Waals surface area contributed by atoms with Gasteiger partial charge in [0, 0.05) is 79.3 Å². The van der Waals surface area contributed by atoms with Crippen LogP contribution < -0.4 is 19.5 Å². The van der Waals surface area contributed by atoms with E-state index >= 15 is 0 Å². The van der Waals surface area contributed by atoms with Crippen LogP contribution in [0, 0.1) is 11.8 Å². The van der Waals surface area contributed by atoms with Crippen molar-refractivity contribution in [3.05, 3.63) is 64.9 Å². The molecule has 2 aliphatic rings. The molecule has 0 bridgehead atoms. The smallest absolute Gasteiger partial charge is 0.242 e. The first-order valence-corrected chi connectivity index (χ1v) is 30.2. The molecule has 2 amide bonds. The van der Waals surface area contributed by atoms with Gasteiger partial charge in [-0.25, -0.2) is 9.97 Å². The minimum atomic E-state index is -1.18. The predicted molar refractivity (Wildman–Crippen MR) is 256 cm³/mol. The highest BCUT2D eigenvalue weighted by atomic mass is 35.5. The zero-order chi connectivity index (χ0) is 46.3. The Morgan fingerprint density at radius 1 is 0.750 bits per heavy atom. The van der Waals surface area contributed by atoms with Crippen LogP contribution in [0.4, 0.5) is 0 Å². The van der Waals surface area contributed by atoms with E-state index in [1.54, 1.807) is 31.9 Å². The summed E-state index contributed by atoms with van der Waals surface area (Å²) in [5.41, 5.74) is 3.99. The Hall–Kier alpha value is -4.27. The number of carbonyl (C=O) groups excluding carboxylic acids is 2. The first-order chi connectivity index (χ1) is 30.3. The van der Waals surface area contributed by atoms with Gasteiger partial charge in [0.05, 0.1) is 36.8 Å². The number of imidazole rings is 2. The lowest BCUT2D eigenvalue weighted by molar-refractivity contribution is -0.129. The number of hydrogen-bond acceptors (Lipinski definition) is 11. The number of fused-ring (bicyclic) bond motifs is 2. The highest BCUT2D eigenvalue weighted by Gasteiger charge is 2.37. The number of amides is 2. The van der Waals surface area contributed by atoms with Crippen molar-refractivity contribution in [1.29, 1.82) is 0 Å². The van der Waals surface area contributed by atoms with E-state index in [1.165, 1.54) is 0 Å². The number of halogens is 2. The molecule has 0 unspecified atom stereocenters. The molecule has 0 radical (unpaired) electrons. The first-order valence-electron chi connectivity index (χ1n) is 22.0. The predicted octanol–water partition coefficient (Wildman–Crippen LogP) is 9.08. The second-order valence-corrected chi connectivity index (χ2v) is 31.3. The molecule has 15 nitrogen and oxygen atoms in total. The monoisotopic (exact) mass is 954 g/mol. The summed E-state index contributed by atoms with van der Waals surface area (Å²) in [5, 5.41) is 3.48. The highest BCUT2D eigenvalue weighted by molar-refractivity contribution is 6.76. The maximum absolute atomic E-state index is 13.0. The van der Waals surface area contributed by atoms with Crippen molar-refractivity contribution in [3.8, 4) is 17.5 Å². The molecule has 348 valence electrons. The Morgan fingerprint density at radius 3 is 1.70 bits per heavy atom. The lowest BCUT2D eigenvalue weighted by atomic mass is 10.0. The van der Waals surface area contributed by atoms with Crippen molar-refractivity contribution in [2.45, 2.75) is 117 Å². The quantitative estimate of drug-likeness (QED) is 0.0479. The molecule has 5 atom stereocenters. The van der Waals surface area contributed by atoms with Crippen LogP contribution in [0.25, 0.3) is 22.1 Å². The summed E-state index contributed by atoms with van der Waals surface area (Å²) < 4.78 is 33.3. The number of aromatic nitrogens is 6. The average molecular weight is 956 g/mol. The van der Waals surface area contributed by atoms with Crippen molar-refractivity contribution in [3.63, 3.8) is 0 Å². The van der Waals surface area contributed by atoms with E-state index in [2.05, 4.69) is 71.5 Å². The number of ether oxygens (including phenoxy) is 5. The highest BCUT2D eigenvalue weighted by Crippen LogP contribution is 2.34. The fourth-order valence-corrected chi connectivity index (χ4v) is 9.39. The molecular formula is C45H64Cl2N8O7Si2. The van der Waals surface area contributed by atoms with Gasteiger partial charge in [-0.1, -0.05) is 74.6 Å². The fraction of sp³-hybridized carbons (Fsp3) is 0.556. The van der Waals surface area contributed by atoms with Crippen LogP contribution in [0.15, 0.2) is 49.1 Å². The van der Waals surface area contributed by atoms with E-state index in [9.17, 15) is 9.59 Å². The SMILES string of the molecule is COc1ccc([C@@H](C)N2C[C@H]([C@@H](C)Oc3nc(Cl)cc4ncn(COCC[Si](C)(C)C)c34)CC2=O)cc1.C[C@@H](Oc1nc(Cl)cc2ncn(COCC[Si](C)(C)C)c12)[C@H]1CNC(=O)C1. The zero-order valence-corrected chi connectivity index (χ0v) is 42.3. The molecule has 2 saturated heterocycles. The van der Waals surface area contributed by atoms with Crippen LogP contribution in [0.1, 0.15) is 45.2 Å². The number of likely N-dealkylation sites (tertiary alicyclic amines) is 1. The molecular weight excluding hydrogens is 892 g/mol. The van der Waals surface area contributed by atoms with Crippen LogP contribution in [0.5, 0.6) is 17.5 Å². The van der Waals surface area contributed by atoms with Gasteiger partial charge in [-0.15, -0.1) is 0 Å². The van der Waals surface area contributed by atoms with Crippen molar-refractivity contribution in [2.75, 3.05) is 33.4 Å². The van der Waals surface area contributed by atoms with Gasteiger partial charge in [0.2, 0.25) is 23.6 Å². The summed E-state index contributed by atoms with van der Waals surface area (Å²) in [6.45, 7) is 23.3. The second kappa shape index (κ2) is 21.4. The Balaban J connectivity index is 0.000000223. The molecule has 19 heteroatoms. The van der Waals surface area contributed by atoms with Crippen LogP contribution in [0.3, 0.4) is 0 Å². The van der Waals surface area contributed by atoms with Crippen molar-refractivity contribution < 1.29 is 33.3 Å². The lowest BCUT2D eigenvalue weighted by Gasteiger charge is -2.26. The fourth-order valence-electron chi connectivity index (χ4n) is 7.52. The number of methoxy groups -OCH3 is 1. The van der Waals surface area contributed by atoms with Crippen molar-refractivity contribution >= 4 is 73.2 Å². The minimum absolute atomic E-state index is 0.0217. The van der Waals surface area contributed by atoms with E-state index in [0.29, 0.717) is 79.1 Å². The minimum Gasteiger partial charge on any atom is -0.497 e. The van der Waals surface area contributed by atoms with Gasteiger partial charge >= 0.3 is 0 Å². The van der Waals surface area contributed by atoms with Crippen molar-refractivity contribution in [2.24, 2.45) is 11.8 Å². The summed E-state index contributed by atoms with van der Waals surface area (Å²) in [6, 6.07) is 13.4. The van der Waals surface area contributed by atoms with Crippen LogP contribution in [-0.2, 0) is 32.5 Å². The zero-order valence-electron chi connectivity index (χ0n) is 38.8. The summed E-state index contributed by atoms with van der Waals surface area (Å²) in [4.78, 5) is 44.1. The number of hydrogen-bond donors (Lipinski definition) is 1. The largest absolute Gasteiger partial charge is 0.497 e. The summed E-state index contributed by atoms with van der Waals surface area (Å²) in [7, 11) is -0.663. The standard InChI is InChI=1S/C27H37ClN4O4Si.C18H27ClN4O3Si/c1-18(20-7-9-22(34-3)10-8-20)32-15-21(13-25(32)33)19(2)36-27-26-23(14-24(28)30-27)29-16-31(26)17-35-11-12-37(4,5)6;1-12(13-7-16(24)20-9-13)26-18-17-14(8-15(19)22-18)21-10-23(17)11-25-5-6-27(2,3)4/h7-10,14,16,18-19,21H,11-13,15,17H2,1-6H3;8,10,12-13H,5-7,9,11H2,1-4H3,(H,20,24)/t18-,19-,21-;12-,13-/m11/s1. The van der Waals surface area contributed by atoms with Gasteiger partial charge < -0.3 is 43.0 Å². The second-order valence-electron chi connectivity index (χ2n) is 19.2. The number of pyridine rings is 2. The van der Waals surface area contributed by atoms with Crippen LogP contribution in [0.2, 0.25) is 61.7 Å². The van der Waals surface area contributed by atoms with Crippen LogP contribution >= 0.6 is 23.2 Å². The average Bonchev–Trinajstić information content (AvgIpc) is 4.04. The van der Waals surface area contributed by atoms with Gasteiger partial charge in [-0.3, -0.25) is 9.59 Å². The van der Waals surface area contributed by atoms with Gasteiger partial charge in [0.25, 0.3) is 0 Å². The van der Waals surface area contributed by atoms with Gasteiger partial charge in [0.1, 0.15) is 52.8 Å². The summed E-state index contributed by atoms with van der Waals surface area (Å²) in [5.74, 6) is 1.94. The summed E-state index contributed by atoms with van der Waals surface area (Å²) in [6.07, 6.45) is 3.91. The topological polar surface area (TPSA) is 157 Å². The number of benzene rings is 1. The van der Waals surface area contributed by atoms with E-state index in [4.69, 9.17) is 46.9 Å². The third-order valence-electron chi connectivity index (χ3n) is 11.7. The third-order valence-corrected chi connectivity index (χ3v) is 15.5. The van der Waals surface area contributed by atoms with Gasteiger partial charge in [-0.2, -0.15) is 9.97 Å².